The average Bonchev–Trinajstić information content (AvgIpc) is 3.32. The smallest absolute Gasteiger partial charge is 0.407 e. The fourth-order valence-electron chi connectivity index (χ4n) is 5.17. The first-order valence-electron chi connectivity index (χ1n) is 11.6. The normalized spacial score (nSPS) is 27.3. The number of aliphatic carboxylic acids is 1. The molecule has 5 rings (SSSR count). The van der Waals surface area contributed by atoms with Gasteiger partial charge < -0.3 is 25.2 Å². The molecule has 0 radical (unpaired) electrons. The van der Waals surface area contributed by atoms with Crippen LogP contribution in [-0.4, -0.2) is 55.0 Å². The maximum absolute atomic E-state index is 12.9. The highest BCUT2D eigenvalue weighted by molar-refractivity contribution is 5.85. The number of fused-ring (bicyclic) bond motifs is 3. The number of benzene rings is 2. The second-order valence-electron chi connectivity index (χ2n) is 9.63. The van der Waals surface area contributed by atoms with E-state index in [9.17, 15) is 14.4 Å². The molecule has 2 aromatic carbocycles. The Morgan fingerprint density at radius 2 is 1.65 bits per heavy atom. The lowest BCUT2D eigenvalue weighted by Crippen LogP contribution is -2.57. The monoisotopic (exact) mass is 464 g/mol. The number of ether oxygens (including phenoxy) is 2. The molecule has 34 heavy (non-hydrogen) atoms. The molecule has 8 heteroatoms. The average molecular weight is 465 g/mol. The molecule has 178 valence electrons. The van der Waals surface area contributed by atoms with Crippen LogP contribution in [0.25, 0.3) is 11.1 Å². The molecule has 1 aliphatic heterocycles. The molecule has 2 aliphatic carbocycles. The van der Waals surface area contributed by atoms with E-state index in [-0.39, 0.29) is 37.7 Å². The van der Waals surface area contributed by atoms with Crippen LogP contribution in [-0.2, 0) is 19.1 Å². The molecule has 0 bridgehead atoms. The molecule has 2 aromatic rings. The second-order valence-corrected chi connectivity index (χ2v) is 9.63. The summed E-state index contributed by atoms with van der Waals surface area (Å²) < 4.78 is 11.2. The van der Waals surface area contributed by atoms with Gasteiger partial charge in [0.1, 0.15) is 6.61 Å². The van der Waals surface area contributed by atoms with Gasteiger partial charge in [-0.1, -0.05) is 48.5 Å². The van der Waals surface area contributed by atoms with Crippen molar-refractivity contribution < 1.29 is 29.0 Å². The van der Waals surface area contributed by atoms with Gasteiger partial charge >= 0.3 is 12.1 Å². The number of carbonyl (C=O) groups excluding carboxylic acids is 2. The number of amides is 2. The summed E-state index contributed by atoms with van der Waals surface area (Å²) >= 11 is 0. The van der Waals surface area contributed by atoms with Crippen molar-refractivity contribution in [2.75, 3.05) is 19.8 Å². The zero-order chi connectivity index (χ0) is 23.9. The third kappa shape index (κ3) is 3.92. The highest BCUT2D eigenvalue weighted by Gasteiger charge is 2.49. The summed E-state index contributed by atoms with van der Waals surface area (Å²) in [6, 6.07) is 15.5. The van der Waals surface area contributed by atoms with Crippen LogP contribution in [0.4, 0.5) is 4.79 Å². The zero-order valence-corrected chi connectivity index (χ0v) is 19.0. The number of nitrogens with one attached hydrogen (secondary N) is 2. The third-order valence-electron chi connectivity index (χ3n) is 7.43. The quantitative estimate of drug-likeness (QED) is 0.606. The number of hydrogen-bond donors (Lipinski definition) is 3. The Balaban J connectivity index is 1.19. The van der Waals surface area contributed by atoms with E-state index in [1.165, 1.54) is 0 Å². The summed E-state index contributed by atoms with van der Waals surface area (Å²) in [6.45, 7) is 2.31. The summed E-state index contributed by atoms with van der Waals surface area (Å²) in [6.07, 6.45) is 0.247. The summed E-state index contributed by atoms with van der Waals surface area (Å²) in [7, 11) is 0. The minimum atomic E-state index is -0.958. The molecule has 0 aromatic heterocycles. The van der Waals surface area contributed by atoms with E-state index in [0.717, 1.165) is 22.3 Å². The van der Waals surface area contributed by atoms with Crippen LogP contribution in [0.5, 0.6) is 0 Å². The molecule has 1 saturated carbocycles. The molecule has 2 unspecified atom stereocenters. The van der Waals surface area contributed by atoms with E-state index < -0.39 is 29.4 Å². The van der Waals surface area contributed by atoms with Crippen LogP contribution >= 0.6 is 0 Å². The van der Waals surface area contributed by atoms with Gasteiger partial charge in [0.25, 0.3) is 0 Å². The fraction of sp³-hybridized carbons (Fsp3) is 0.423. The molecule has 2 amide bonds. The van der Waals surface area contributed by atoms with Crippen molar-refractivity contribution in [3.63, 3.8) is 0 Å². The predicted molar refractivity (Wildman–Crippen MR) is 123 cm³/mol. The lowest BCUT2D eigenvalue weighted by molar-refractivity contribution is -0.147. The lowest BCUT2D eigenvalue weighted by Gasteiger charge is -2.36. The third-order valence-corrected chi connectivity index (χ3v) is 7.43. The van der Waals surface area contributed by atoms with Gasteiger partial charge in [-0.2, -0.15) is 0 Å². The van der Waals surface area contributed by atoms with Gasteiger partial charge in [-0.25, -0.2) is 4.79 Å². The van der Waals surface area contributed by atoms with Gasteiger partial charge in [0.05, 0.1) is 30.6 Å². The van der Waals surface area contributed by atoms with Crippen LogP contribution in [0.15, 0.2) is 48.5 Å². The van der Waals surface area contributed by atoms with Crippen LogP contribution < -0.4 is 10.6 Å². The van der Waals surface area contributed by atoms with Crippen LogP contribution in [0.2, 0.25) is 0 Å². The first-order chi connectivity index (χ1) is 16.4. The van der Waals surface area contributed by atoms with Crippen molar-refractivity contribution in [2.45, 2.75) is 37.8 Å². The Hall–Kier alpha value is -3.39. The van der Waals surface area contributed by atoms with E-state index in [1.54, 1.807) is 6.92 Å². The van der Waals surface area contributed by atoms with Crippen molar-refractivity contribution in [3.8, 4) is 11.1 Å². The molecule has 0 spiro atoms. The number of alkyl carbamates (subject to hydrolysis) is 1. The standard InChI is InChI=1S/C26H28N2O6/c1-26(24(31)27-16-10-15(11-16)23(29)30)14-33-13-22(26)28-25(32)34-12-21-19-8-4-2-6-17(19)18-7-3-5-9-20(18)21/h2-9,15-16,21-22H,10-14H2,1H3,(H,27,31)(H,28,32)(H,29,30). The Morgan fingerprint density at radius 1 is 1.03 bits per heavy atom. The maximum Gasteiger partial charge on any atom is 0.407 e. The fourth-order valence-corrected chi connectivity index (χ4v) is 5.17. The van der Waals surface area contributed by atoms with Crippen molar-refractivity contribution in [2.24, 2.45) is 11.3 Å². The lowest BCUT2D eigenvalue weighted by atomic mass is 9.78. The SMILES string of the molecule is CC1(C(=O)NC2CC(C(=O)O)C2)COCC1NC(=O)OCC1c2ccccc2-c2ccccc21. The largest absolute Gasteiger partial charge is 0.481 e. The maximum atomic E-state index is 12.9. The highest BCUT2D eigenvalue weighted by atomic mass is 16.5. The topological polar surface area (TPSA) is 114 Å². The van der Waals surface area contributed by atoms with E-state index in [4.69, 9.17) is 14.6 Å². The van der Waals surface area contributed by atoms with Crippen LogP contribution in [0.1, 0.15) is 36.8 Å². The van der Waals surface area contributed by atoms with E-state index >= 15 is 0 Å². The first-order valence-corrected chi connectivity index (χ1v) is 11.6. The molecule has 3 aliphatic rings. The van der Waals surface area contributed by atoms with Crippen molar-refractivity contribution in [3.05, 3.63) is 59.7 Å². The molecule has 2 atom stereocenters. The molecule has 1 heterocycles. The Bertz CT molecular complexity index is 1080. The van der Waals surface area contributed by atoms with E-state index in [0.29, 0.717) is 12.8 Å². The van der Waals surface area contributed by atoms with Gasteiger partial charge in [-0.3, -0.25) is 9.59 Å². The molecule has 3 N–H and O–H groups in total. The highest BCUT2D eigenvalue weighted by Crippen LogP contribution is 2.44. The number of carbonyl (C=O) groups is 3. The van der Waals surface area contributed by atoms with E-state index in [2.05, 4.69) is 34.9 Å². The summed E-state index contributed by atoms with van der Waals surface area (Å²) in [4.78, 5) is 36.7. The van der Waals surface area contributed by atoms with Gasteiger partial charge in [0.2, 0.25) is 5.91 Å². The minimum absolute atomic E-state index is 0.0477. The number of carboxylic acid groups (broad SMARTS) is 1. The van der Waals surface area contributed by atoms with Crippen LogP contribution in [0.3, 0.4) is 0 Å². The van der Waals surface area contributed by atoms with Crippen molar-refractivity contribution in [1.82, 2.24) is 10.6 Å². The first kappa shape index (κ1) is 22.4. The van der Waals surface area contributed by atoms with E-state index in [1.807, 2.05) is 24.3 Å². The number of carboxylic acids is 1. The zero-order valence-electron chi connectivity index (χ0n) is 19.0. The minimum Gasteiger partial charge on any atom is -0.481 e. The van der Waals surface area contributed by atoms with Crippen molar-refractivity contribution >= 4 is 18.0 Å². The number of hydrogen-bond acceptors (Lipinski definition) is 5. The number of rotatable bonds is 6. The molecule has 1 saturated heterocycles. The van der Waals surface area contributed by atoms with Crippen LogP contribution in [0, 0.1) is 11.3 Å². The van der Waals surface area contributed by atoms with Gasteiger partial charge in [-0.05, 0) is 42.0 Å². The van der Waals surface area contributed by atoms with Gasteiger partial charge in [0.15, 0.2) is 0 Å². The predicted octanol–water partition coefficient (Wildman–Crippen LogP) is 2.91. The second kappa shape index (κ2) is 8.76. The summed E-state index contributed by atoms with van der Waals surface area (Å²) in [5.74, 6) is -1.54. The Morgan fingerprint density at radius 3 is 2.26 bits per heavy atom. The Kier molecular flexibility index (Phi) is 5.77. The Labute approximate surface area is 197 Å². The molecule has 2 fully saturated rings. The molecular weight excluding hydrogens is 436 g/mol. The van der Waals surface area contributed by atoms with Gasteiger partial charge in [-0.15, -0.1) is 0 Å². The summed E-state index contributed by atoms with van der Waals surface area (Å²) in [5.41, 5.74) is 3.61. The molecular formula is C26H28N2O6. The molecule has 8 nitrogen and oxygen atoms in total. The summed E-state index contributed by atoms with van der Waals surface area (Å²) in [5, 5.41) is 14.8. The van der Waals surface area contributed by atoms with Gasteiger partial charge in [0, 0.05) is 12.0 Å². The van der Waals surface area contributed by atoms with Crippen molar-refractivity contribution in [1.29, 1.82) is 0 Å².